The molecule has 4 nitrogen and oxygen atoms in total. The molecule has 118 valence electrons. The van der Waals surface area contributed by atoms with Gasteiger partial charge in [0.05, 0.1) is 6.04 Å². The molecule has 2 N–H and O–H groups in total. The summed E-state index contributed by atoms with van der Waals surface area (Å²) < 4.78 is 5.92. The number of carbonyl (C=O) groups excluding carboxylic acids is 1. The molecule has 0 bridgehead atoms. The first kappa shape index (κ1) is 17.8. The van der Waals surface area contributed by atoms with Gasteiger partial charge in [0.25, 0.3) is 0 Å². The van der Waals surface area contributed by atoms with Crippen LogP contribution in [0.2, 0.25) is 0 Å². The average molecular weight is 313 g/mol. The first-order valence-electron chi connectivity index (χ1n) is 7.34. The fourth-order valence-corrected chi connectivity index (χ4v) is 2.38. The van der Waals surface area contributed by atoms with Gasteiger partial charge >= 0.3 is 0 Å². The minimum atomic E-state index is -0.387. The highest BCUT2D eigenvalue weighted by molar-refractivity contribution is 5.85. The number of para-hydroxylation sites is 1. The summed E-state index contributed by atoms with van der Waals surface area (Å²) in [5.41, 5.74) is 5.93. The number of carbonyl (C=O) groups is 1. The van der Waals surface area contributed by atoms with Crippen LogP contribution in [0.15, 0.2) is 30.3 Å². The van der Waals surface area contributed by atoms with Gasteiger partial charge in [0, 0.05) is 25.9 Å². The molecule has 0 spiro atoms. The summed E-state index contributed by atoms with van der Waals surface area (Å²) in [7, 11) is 0. The zero-order valence-corrected chi connectivity index (χ0v) is 13.5. The minimum absolute atomic E-state index is 0. The van der Waals surface area contributed by atoms with Crippen molar-refractivity contribution in [2.24, 2.45) is 11.7 Å². The van der Waals surface area contributed by atoms with Gasteiger partial charge in [-0.25, -0.2) is 0 Å². The molecule has 0 unspecified atom stereocenters. The molecule has 1 atom stereocenters. The van der Waals surface area contributed by atoms with Gasteiger partial charge in [-0.05, 0) is 18.1 Å². The van der Waals surface area contributed by atoms with Crippen molar-refractivity contribution in [2.45, 2.75) is 38.8 Å². The van der Waals surface area contributed by atoms with Crippen molar-refractivity contribution in [3.63, 3.8) is 0 Å². The molecule has 1 aromatic carbocycles. The van der Waals surface area contributed by atoms with Crippen molar-refractivity contribution in [2.75, 3.05) is 13.1 Å². The van der Waals surface area contributed by atoms with E-state index in [0.717, 1.165) is 31.7 Å². The van der Waals surface area contributed by atoms with Crippen LogP contribution in [0.1, 0.15) is 26.7 Å². The first-order chi connectivity index (χ1) is 9.58. The molecule has 0 aliphatic carbocycles. The van der Waals surface area contributed by atoms with Crippen molar-refractivity contribution in [3.05, 3.63) is 30.3 Å². The zero-order valence-electron chi connectivity index (χ0n) is 12.7. The second-order valence-electron chi connectivity index (χ2n) is 5.73. The van der Waals surface area contributed by atoms with Crippen LogP contribution in [0.5, 0.6) is 5.75 Å². The van der Waals surface area contributed by atoms with Gasteiger partial charge < -0.3 is 15.4 Å². The number of ether oxygens (including phenoxy) is 1. The lowest BCUT2D eigenvalue weighted by molar-refractivity contribution is -0.135. The van der Waals surface area contributed by atoms with Crippen molar-refractivity contribution < 1.29 is 9.53 Å². The molecule has 5 heteroatoms. The summed E-state index contributed by atoms with van der Waals surface area (Å²) in [5, 5.41) is 0. The number of hydrogen-bond acceptors (Lipinski definition) is 3. The van der Waals surface area contributed by atoms with E-state index in [2.05, 4.69) is 0 Å². The van der Waals surface area contributed by atoms with E-state index in [0.29, 0.717) is 0 Å². The lowest BCUT2D eigenvalue weighted by atomic mass is 10.0. The van der Waals surface area contributed by atoms with E-state index < -0.39 is 0 Å². The van der Waals surface area contributed by atoms with E-state index in [1.165, 1.54) is 0 Å². The lowest BCUT2D eigenvalue weighted by Crippen LogP contribution is -2.50. The molecular formula is C16H25ClN2O2. The fourth-order valence-electron chi connectivity index (χ4n) is 2.38. The van der Waals surface area contributed by atoms with E-state index >= 15 is 0 Å². The van der Waals surface area contributed by atoms with Gasteiger partial charge in [-0.1, -0.05) is 32.0 Å². The molecule has 1 fully saturated rings. The van der Waals surface area contributed by atoms with E-state index in [9.17, 15) is 4.79 Å². The Morgan fingerprint density at radius 3 is 2.33 bits per heavy atom. The molecular weight excluding hydrogens is 288 g/mol. The standard InChI is InChI=1S/C16H24N2O2.ClH/c1-12(2)15(17)16(19)18-10-8-14(9-11-18)20-13-6-4-3-5-7-13;/h3-7,12,14-15H,8-11,17H2,1-2H3;1H/t15-;/m1./s1. The quantitative estimate of drug-likeness (QED) is 0.929. The Kier molecular flexibility index (Phi) is 6.99. The largest absolute Gasteiger partial charge is 0.490 e. The molecule has 0 aromatic heterocycles. The number of piperidine rings is 1. The van der Waals surface area contributed by atoms with Crippen molar-refractivity contribution >= 4 is 18.3 Å². The third-order valence-electron chi connectivity index (χ3n) is 3.80. The topological polar surface area (TPSA) is 55.6 Å². The van der Waals surface area contributed by atoms with Crippen LogP contribution < -0.4 is 10.5 Å². The van der Waals surface area contributed by atoms with E-state index in [4.69, 9.17) is 10.5 Å². The smallest absolute Gasteiger partial charge is 0.239 e. The third kappa shape index (κ3) is 4.90. The summed E-state index contributed by atoms with van der Waals surface area (Å²) >= 11 is 0. The van der Waals surface area contributed by atoms with Gasteiger partial charge in [0.15, 0.2) is 0 Å². The van der Waals surface area contributed by atoms with Crippen LogP contribution in [0, 0.1) is 5.92 Å². The monoisotopic (exact) mass is 312 g/mol. The van der Waals surface area contributed by atoms with Crippen LogP contribution in [-0.4, -0.2) is 36.0 Å². The Morgan fingerprint density at radius 2 is 1.81 bits per heavy atom. The maximum atomic E-state index is 12.2. The van der Waals surface area contributed by atoms with E-state index in [1.54, 1.807) is 0 Å². The Bertz CT molecular complexity index is 431. The normalized spacial score (nSPS) is 17.2. The Labute approximate surface area is 133 Å². The Hall–Kier alpha value is -1.26. The second-order valence-corrected chi connectivity index (χ2v) is 5.73. The molecule has 1 heterocycles. The number of nitrogens with zero attached hydrogens (tertiary/aromatic N) is 1. The summed E-state index contributed by atoms with van der Waals surface area (Å²) in [4.78, 5) is 14.0. The molecule has 2 rings (SSSR count). The number of hydrogen-bond donors (Lipinski definition) is 1. The number of rotatable bonds is 4. The molecule has 1 aliphatic heterocycles. The maximum Gasteiger partial charge on any atom is 0.239 e. The van der Waals surface area contributed by atoms with Crippen LogP contribution in [0.3, 0.4) is 0 Å². The Morgan fingerprint density at radius 1 is 1.24 bits per heavy atom. The maximum absolute atomic E-state index is 12.2. The highest BCUT2D eigenvalue weighted by Gasteiger charge is 2.28. The van der Waals surface area contributed by atoms with Crippen LogP contribution >= 0.6 is 12.4 Å². The third-order valence-corrected chi connectivity index (χ3v) is 3.80. The highest BCUT2D eigenvalue weighted by atomic mass is 35.5. The number of benzene rings is 1. The van der Waals surface area contributed by atoms with Gasteiger partial charge in [-0.2, -0.15) is 0 Å². The van der Waals surface area contributed by atoms with Crippen LogP contribution in [-0.2, 0) is 4.79 Å². The summed E-state index contributed by atoms with van der Waals surface area (Å²) in [6, 6.07) is 9.45. The van der Waals surface area contributed by atoms with Gasteiger partial charge in [-0.3, -0.25) is 4.79 Å². The molecule has 1 aliphatic rings. The molecule has 21 heavy (non-hydrogen) atoms. The van der Waals surface area contributed by atoms with Gasteiger partial charge in [0.2, 0.25) is 5.91 Å². The summed E-state index contributed by atoms with van der Waals surface area (Å²) in [6.45, 7) is 5.43. The number of likely N-dealkylation sites (tertiary alicyclic amines) is 1. The molecule has 0 radical (unpaired) electrons. The van der Waals surface area contributed by atoms with E-state index in [1.807, 2.05) is 49.1 Å². The number of nitrogens with two attached hydrogens (primary N) is 1. The van der Waals surface area contributed by atoms with Crippen molar-refractivity contribution in [3.8, 4) is 5.75 Å². The molecule has 1 saturated heterocycles. The SMILES string of the molecule is CC(C)[C@@H](N)C(=O)N1CCC(Oc2ccccc2)CC1.Cl. The van der Waals surface area contributed by atoms with E-state index in [-0.39, 0.29) is 36.4 Å². The zero-order chi connectivity index (χ0) is 14.5. The molecule has 1 amide bonds. The van der Waals surface area contributed by atoms with Crippen molar-refractivity contribution in [1.29, 1.82) is 0 Å². The predicted molar refractivity (Wildman–Crippen MR) is 86.7 cm³/mol. The fraction of sp³-hybridized carbons (Fsp3) is 0.562. The Balaban J connectivity index is 0.00000220. The molecule has 0 saturated carbocycles. The van der Waals surface area contributed by atoms with Gasteiger partial charge in [0.1, 0.15) is 11.9 Å². The summed E-state index contributed by atoms with van der Waals surface area (Å²) in [5.74, 6) is 1.15. The van der Waals surface area contributed by atoms with Crippen LogP contribution in [0.4, 0.5) is 0 Å². The molecule has 1 aromatic rings. The number of amides is 1. The first-order valence-corrected chi connectivity index (χ1v) is 7.34. The van der Waals surface area contributed by atoms with Gasteiger partial charge in [-0.15, -0.1) is 12.4 Å². The highest BCUT2D eigenvalue weighted by Crippen LogP contribution is 2.19. The second kappa shape index (κ2) is 8.25. The van der Waals surface area contributed by atoms with Crippen molar-refractivity contribution in [1.82, 2.24) is 4.90 Å². The minimum Gasteiger partial charge on any atom is -0.490 e. The lowest BCUT2D eigenvalue weighted by Gasteiger charge is -2.34. The number of halogens is 1. The predicted octanol–water partition coefficient (Wildman–Crippen LogP) is 2.46. The van der Waals surface area contributed by atoms with Crippen LogP contribution in [0.25, 0.3) is 0 Å². The summed E-state index contributed by atoms with van der Waals surface area (Å²) in [6.07, 6.45) is 1.92. The average Bonchev–Trinajstić information content (AvgIpc) is 2.47.